The molecule has 1 saturated heterocycles. The Labute approximate surface area is 148 Å². The Morgan fingerprint density at radius 2 is 1.83 bits per heavy atom. The predicted octanol–water partition coefficient (Wildman–Crippen LogP) is 4.09. The molecule has 0 aromatic heterocycles. The highest BCUT2D eigenvalue weighted by molar-refractivity contribution is 6.31. The third-order valence-corrected chi connectivity index (χ3v) is 5.14. The molecule has 1 amide bonds. The summed E-state index contributed by atoms with van der Waals surface area (Å²) in [4.78, 5) is 14.7. The van der Waals surface area contributed by atoms with Gasteiger partial charge in [-0.2, -0.15) is 0 Å². The molecular formula is C20H23ClN2O. The molecule has 1 aliphatic rings. The molecule has 24 heavy (non-hydrogen) atoms. The third kappa shape index (κ3) is 3.90. The topological polar surface area (TPSA) is 46.3 Å². The number of aryl methyl sites for hydroxylation is 1. The Kier molecular flexibility index (Phi) is 5.41. The maximum absolute atomic E-state index is 12.7. The summed E-state index contributed by atoms with van der Waals surface area (Å²) in [6.45, 7) is 0.845. The van der Waals surface area contributed by atoms with Crippen molar-refractivity contribution in [1.29, 1.82) is 0 Å². The van der Waals surface area contributed by atoms with E-state index in [1.54, 1.807) is 0 Å². The highest BCUT2D eigenvalue weighted by Gasteiger charge is 2.28. The van der Waals surface area contributed by atoms with Crippen molar-refractivity contribution in [2.45, 2.75) is 38.1 Å². The number of nitrogen functional groups attached to an aromatic ring is 1. The van der Waals surface area contributed by atoms with Crippen LogP contribution in [0.15, 0.2) is 48.5 Å². The average Bonchev–Trinajstić information content (AvgIpc) is 3.04. The van der Waals surface area contributed by atoms with E-state index in [0.717, 1.165) is 47.6 Å². The summed E-state index contributed by atoms with van der Waals surface area (Å²) in [5, 5.41) is 0.786. The SMILES string of the molecule is Nc1ccccc1CCC(=O)N1CCCC1Cc1ccccc1Cl. The van der Waals surface area contributed by atoms with Crippen molar-refractivity contribution >= 4 is 23.2 Å². The van der Waals surface area contributed by atoms with Crippen molar-refractivity contribution in [3.8, 4) is 0 Å². The summed E-state index contributed by atoms with van der Waals surface area (Å²) in [5.41, 5.74) is 8.90. The standard InChI is InChI=1S/C20H23ClN2O/c21-18-9-3-1-7-16(18)14-17-8-5-13-23(17)20(24)12-11-15-6-2-4-10-19(15)22/h1-4,6-7,9-10,17H,5,8,11-14,22H2. The predicted molar refractivity (Wildman–Crippen MR) is 99.1 cm³/mol. The van der Waals surface area contributed by atoms with Gasteiger partial charge in [-0.1, -0.05) is 48.0 Å². The van der Waals surface area contributed by atoms with Gasteiger partial charge in [0, 0.05) is 29.7 Å². The molecule has 1 atom stereocenters. The van der Waals surface area contributed by atoms with E-state index in [-0.39, 0.29) is 11.9 Å². The molecule has 1 fully saturated rings. The number of para-hydroxylation sites is 1. The lowest BCUT2D eigenvalue weighted by molar-refractivity contribution is -0.131. The number of nitrogens with zero attached hydrogens (tertiary/aromatic N) is 1. The van der Waals surface area contributed by atoms with Crippen molar-refractivity contribution in [2.75, 3.05) is 12.3 Å². The zero-order valence-corrected chi connectivity index (χ0v) is 14.5. The lowest BCUT2D eigenvalue weighted by Crippen LogP contribution is -2.37. The molecule has 0 saturated carbocycles. The molecule has 0 aliphatic carbocycles. The number of hydrogen-bond donors (Lipinski definition) is 1. The van der Waals surface area contributed by atoms with E-state index in [1.165, 1.54) is 0 Å². The summed E-state index contributed by atoms with van der Waals surface area (Å²) < 4.78 is 0. The largest absolute Gasteiger partial charge is 0.399 e. The third-order valence-electron chi connectivity index (χ3n) is 4.77. The van der Waals surface area contributed by atoms with Crippen molar-refractivity contribution in [2.24, 2.45) is 0 Å². The summed E-state index contributed by atoms with van der Waals surface area (Å²) >= 11 is 6.27. The van der Waals surface area contributed by atoms with Gasteiger partial charge in [-0.25, -0.2) is 0 Å². The van der Waals surface area contributed by atoms with Crippen molar-refractivity contribution in [3.05, 3.63) is 64.7 Å². The van der Waals surface area contributed by atoms with Crippen LogP contribution in [0.3, 0.4) is 0 Å². The number of anilines is 1. The van der Waals surface area contributed by atoms with Gasteiger partial charge in [0.15, 0.2) is 0 Å². The van der Waals surface area contributed by atoms with Gasteiger partial charge in [0.25, 0.3) is 0 Å². The smallest absolute Gasteiger partial charge is 0.223 e. The Morgan fingerprint density at radius 1 is 1.12 bits per heavy atom. The first kappa shape index (κ1) is 16.8. The summed E-state index contributed by atoms with van der Waals surface area (Å²) in [6, 6.07) is 15.9. The molecule has 0 bridgehead atoms. The summed E-state index contributed by atoms with van der Waals surface area (Å²) in [7, 11) is 0. The van der Waals surface area contributed by atoms with E-state index < -0.39 is 0 Å². The number of halogens is 1. The number of amides is 1. The van der Waals surface area contributed by atoms with Gasteiger partial charge < -0.3 is 10.6 Å². The van der Waals surface area contributed by atoms with Gasteiger partial charge in [0.1, 0.15) is 0 Å². The second-order valence-corrected chi connectivity index (χ2v) is 6.78. The monoisotopic (exact) mass is 342 g/mol. The first-order valence-electron chi connectivity index (χ1n) is 8.51. The fourth-order valence-corrected chi connectivity index (χ4v) is 3.65. The van der Waals surface area contributed by atoms with Crippen LogP contribution in [0.5, 0.6) is 0 Å². The summed E-state index contributed by atoms with van der Waals surface area (Å²) in [6.07, 6.45) is 4.14. The molecule has 1 aliphatic heterocycles. The number of carbonyl (C=O) groups is 1. The maximum atomic E-state index is 12.7. The molecule has 2 aromatic rings. The van der Waals surface area contributed by atoms with Crippen LogP contribution in [0.4, 0.5) is 5.69 Å². The first-order valence-corrected chi connectivity index (χ1v) is 8.89. The minimum atomic E-state index is 0.216. The zero-order chi connectivity index (χ0) is 16.9. The van der Waals surface area contributed by atoms with E-state index in [1.807, 2.05) is 53.4 Å². The van der Waals surface area contributed by atoms with Gasteiger partial charge in [-0.05, 0) is 48.9 Å². The number of rotatable bonds is 5. The maximum Gasteiger partial charge on any atom is 0.223 e. The van der Waals surface area contributed by atoms with E-state index >= 15 is 0 Å². The average molecular weight is 343 g/mol. The number of carbonyl (C=O) groups excluding carboxylic acids is 1. The molecule has 0 radical (unpaired) electrons. The number of likely N-dealkylation sites (tertiary alicyclic amines) is 1. The second-order valence-electron chi connectivity index (χ2n) is 6.38. The number of benzene rings is 2. The van der Waals surface area contributed by atoms with E-state index in [4.69, 9.17) is 17.3 Å². The highest BCUT2D eigenvalue weighted by Crippen LogP contribution is 2.26. The summed E-state index contributed by atoms with van der Waals surface area (Å²) in [5.74, 6) is 0.216. The van der Waals surface area contributed by atoms with Gasteiger partial charge >= 0.3 is 0 Å². The molecular weight excluding hydrogens is 320 g/mol. The fraction of sp³-hybridized carbons (Fsp3) is 0.350. The molecule has 1 heterocycles. The van der Waals surface area contributed by atoms with Gasteiger partial charge in [0.2, 0.25) is 5.91 Å². The van der Waals surface area contributed by atoms with E-state index in [2.05, 4.69) is 0 Å². The zero-order valence-electron chi connectivity index (χ0n) is 13.7. The Balaban J connectivity index is 1.61. The van der Waals surface area contributed by atoms with Crippen LogP contribution < -0.4 is 5.73 Å². The number of nitrogens with two attached hydrogens (primary N) is 1. The van der Waals surface area contributed by atoms with Crippen molar-refractivity contribution < 1.29 is 4.79 Å². The fourth-order valence-electron chi connectivity index (χ4n) is 3.44. The Hall–Kier alpha value is -2.00. The van der Waals surface area contributed by atoms with E-state index in [0.29, 0.717) is 12.8 Å². The number of hydrogen-bond acceptors (Lipinski definition) is 2. The Morgan fingerprint density at radius 3 is 2.58 bits per heavy atom. The molecule has 3 rings (SSSR count). The van der Waals surface area contributed by atoms with Crippen molar-refractivity contribution in [3.63, 3.8) is 0 Å². The normalized spacial score (nSPS) is 17.2. The van der Waals surface area contributed by atoms with Crippen LogP contribution in [-0.4, -0.2) is 23.4 Å². The quantitative estimate of drug-likeness (QED) is 0.832. The minimum absolute atomic E-state index is 0.216. The Bertz CT molecular complexity index is 716. The molecule has 1 unspecified atom stereocenters. The highest BCUT2D eigenvalue weighted by atomic mass is 35.5. The van der Waals surface area contributed by atoms with Crippen LogP contribution in [-0.2, 0) is 17.6 Å². The van der Waals surface area contributed by atoms with Gasteiger partial charge in [0.05, 0.1) is 0 Å². The van der Waals surface area contributed by atoms with Gasteiger partial charge in [-0.3, -0.25) is 4.79 Å². The van der Waals surface area contributed by atoms with E-state index in [9.17, 15) is 4.79 Å². The molecule has 2 N–H and O–H groups in total. The van der Waals surface area contributed by atoms with Crippen LogP contribution in [0.25, 0.3) is 0 Å². The molecule has 3 nitrogen and oxygen atoms in total. The minimum Gasteiger partial charge on any atom is -0.399 e. The first-order chi connectivity index (χ1) is 11.6. The van der Waals surface area contributed by atoms with Crippen LogP contribution in [0.1, 0.15) is 30.4 Å². The van der Waals surface area contributed by atoms with Gasteiger partial charge in [-0.15, -0.1) is 0 Å². The molecule has 126 valence electrons. The van der Waals surface area contributed by atoms with Crippen LogP contribution in [0.2, 0.25) is 5.02 Å². The lowest BCUT2D eigenvalue weighted by atomic mass is 10.0. The molecule has 2 aromatic carbocycles. The second kappa shape index (κ2) is 7.71. The molecule has 4 heteroatoms. The van der Waals surface area contributed by atoms with Crippen LogP contribution >= 0.6 is 11.6 Å². The lowest BCUT2D eigenvalue weighted by Gasteiger charge is -2.25. The van der Waals surface area contributed by atoms with Crippen LogP contribution in [0, 0.1) is 0 Å². The van der Waals surface area contributed by atoms with Crippen molar-refractivity contribution in [1.82, 2.24) is 4.90 Å². The molecule has 0 spiro atoms.